The van der Waals surface area contributed by atoms with Gasteiger partial charge in [0.05, 0.1) is 45.2 Å². The zero-order valence-corrected chi connectivity index (χ0v) is 44.1. The van der Waals surface area contributed by atoms with Gasteiger partial charge >= 0.3 is 0 Å². The first-order chi connectivity index (χ1) is 39.0. The maximum absolute atomic E-state index is 5.96. The lowest BCUT2D eigenvalue weighted by atomic mass is 10.0. The van der Waals surface area contributed by atoms with E-state index in [4.69, 9.17) is 18.7 Å². The largest absolute Gasteiger partial charge is 0.309 e. The Kier molecular flexibility index (Phi) is 11.0. The van der Waals surface area contributed by atoms with Crippen LogP contribution in [-0.2, 0) is 0 Å². The molecule has 15 rings (SSSR count). The number of hydrogen-bond acceptors (Lipinski definition) is 7. The summed E-state index contributed by atoms with van der Waals surface area (Å²) in [6.07, 6.45) is 0. The normalized spacial score (nSPS) is 11.7. The maximum atomic E-state index is 5.96. The molecule has 79 heavy (non-hydrogen) atoms. The Labute approximate surface area is 460 Å². The molecule has 0 spiro atoms. The third-order valence-electron chi connectivity index (χ3n) is 15.2. The fourth-order valence-corrected chi connectivity index (χ4v) is 12.3. The van der Waals surface area contributed by atoms with Crippen molar-refractivity contribution < 1.29 is 0 Å². The van der Waals surface area contributed by atoms with Gasteiger partial charge in [0.25, 0.3) is 0 Å². The summed E-state index contributed by atoms with van der Waals surface area (Å²) in [6, 6.07) is 90.4. The quantitative estimate of drug-likeness (QED) is 0.127. The van der Waals surface area contributed by atoms with Gasteiger partial charge in [-0.3, -0.25) is 0 Å². The lowest BCUT2D eigenvalue weighted by Crippen LogP contribution is -2.16. The summed E-state index contributed by atoms with van der Waals surface area (Å²) < 4.78 is 15.4. The van der Waals surface area contributed by atoms with Gasteiger partial charge in [0.2, 0.25) is 0 Å². The molecule has 0 fully saturated rings. The summed E-state index contributed by atoms with van der Waals surface area (Å²) in [6.45, 7) is 4.33. The lowest BCUT2D eigenvalue weighted by Gasteiger charge is -2.30. The monoisotopic (exact) mass is 1030 g/mol. The van der Waals surface area contributed by atoms with Crippen molar-refractivity contribution in [3.8, 4) is 33.9 Å². The van der Waals surface area contributed by atoms with Gasteiger partial charge in [0.15, 0.2) is 0 Å². The molecule has 0 saturated carbocycles. The summed E-state index contributed by atoms with van der Waals surface area (Å²) in [4.78, 5) is 16.6. The Morgan fingerprint density at radius 2 is 0.646 bits per heavy atom. The molecule has 0 aliphatic heterocycles. The van der Waals surface area contributed by atoms with E-state index in [0.717, 1.165) is 101 Å². The molecule has 8 nitrogen and oxygen atoms in total. The van der Waals surface area contributed by atoms with E-state index in [2.05, 4.69) is 275 Å². The van der Waals surface area contributed by atoms with Crippen LogP contribution in [0.25, 0.3) is 99.6 Å². The van der Waals surface area contributed by atoms with Crippen LogP contribution in [0.5, 0.6) is 0 Å². The molecule has 0 saturated heterocycles. The number of aromatic nitrogens is 6. The minimum absolute atomic E-state index is 0.679. The molecule has 0 radical (unpaired) electrons. The molecule has 9 heteroatoms. The molecule has 0 atom stereocenters. The Balaban J connectivity index is 1.07. The molecule has 4 aromatic heterocycles. The predicted molar refractivity (Wildman–Crippen MR) is 329 cm³/mol. The highest BCUT2D eigenvalue weighted by Crippen LogP contribution is 2.52. The average molecular weight is 1030 g/mol. The molecule has 0 bridgehead atoms. The third-order valence-corrected chi connectivity index (χ3v) is 15.7. The average Bonchev–Trinajstić information content (AvgIpc) is 4.39. The zero-order valence-electron chi connectivity index (χ0n) is 43.2. The van der Waals surface area contributed by atoms with Gasteiger partial charge in [-0.15, -0.1) is 0 Å². The molecule has 4 heterocycles. The minimum atomic E-state index is 0.679. The fourth-order valence-electron chi connectivity index (χ4n) is 11.7. The molecule has 0 amide bonds. The number of hydrogen-bond donors (Lipinski definition) is 0. The SMILES string of the molecule is Cc1ccc2c(c1)c1cc(N(c3ccccc3)c3c4nsnc4c(N(c4ccccc4)c4ccc5c(c4)c4cc(C)ccc4n5-c4ccccc4)c4nc(-c5ccccc5)c(-c5ccccc5)nc34)ccc1n2-c1ccccc1. The third kappa shape index (κ3) is 7.65. The van der Waals surface area contributed by atoms with Crippen molar-refractivity contribution in [2.45, 2.75) is 13.8 Å². The predicted octanol–water partition coefficient (Wildman–Crippen LogP) is 18.7. The van der Waals surface area contributed by atoms with Crippen LogP contribution in [0, 0.1) is 13.8 Å². The van der Waals surface area contributed by atoms with Crippen molar-refractivity contribution in [2.24, 2.45) is 0 Å². The van der Waals surface area contributed by atoms with Crippen LogP contribution < -0.4 is 9.80 Å². The highest BCUT2D eigenvalue weighted by atomic mass is 32.1. The van der Waals surface area contributed by atoms with Gasteiger partial charge < -0.3 is 18.9 Å². The molecule has 0 N–H and O–H groups in total. The molecule has 11 aromatic carbocycles. The summed E-state index contributed by atoms with van der Waals surface area (Å²) in [5.74, 6) is 0. The molecule has 0 aliphatic carbocycles. The Bertz CT molecular complexity index is 4490. The molecule has 0 unspecified atom stereocenters. The lowest BCUT2D eigenvalue weighted by molar-refractivity contribution is 1.18. The van der Waals surface area contributed by atoms with E-state index < -0.39 is 0 Å². The smallest absolute Gasteiger partial charge is 0.133 e. The van der Waals surface area contributed by atoms with Gasteiger partial charge in [0.1, 0.15) is 33.4 Å². The van der Waals surface area contributed by atoms with E-state index in [1.54, 1.807) is 0 Å². The number of rotatable bonds is 10. The second kappa shape index (κ2) is 18.8. The summed E-state index contributed by atoms with van der Waals surface area (Å²) in [5.41, 5.74) is 20.6. The number of fused-ring (bicyclic) bond motifs is 8. The van der Waals surface area contributed by atoms with Gasteiger partial charge in [-0.2, -0.15) is 8.75 Å². The highest BCUT2D eigenvalue weighted by molar-refractivity contribution is 7.00. The number of aryl methyl sites for hydroxylation is 2. The summed E-state index contributed by atoms with van der Waals surface area (Å²) >= 11 is 1.21. The standard InChI is InChI=1S/C70H48N8S/c1-45-33-37-59-55(41-45)57-43-53(35-39-61(57)77(59)51-29-17-7-18-30-51)75(49-25-13-5-14-26-49)69-65-66(72-64(48-23-11-4-12-24-48)63(71-65)47-21-9-3-10-22-47)70(68-67(69)73-79-74-68)76(50-27-15-6-16-28-50)54-36-40-62-58(44-54)56-42-46(2)34-38-60(56)78(62)52-31-19-8-20-32-52/h3-44H,1-2H3. The number of para-hydroxylation sites is 4. The Hall–Kier alpha value is -10.2. The van der Waals surface area contributed by atoms with Crippen molar-refractivity contribution in [2.75, 3.05) is 9.80 Å². The van der Waals surface area contributed by atoms with E-state index in [-0.39, 0.29) is 0 Å². The van der Waals surface area contributed by atoms with E-state index in [1.165, 1.54) is 33.6 Å². The first-order valence-corrected chi connectivity index (χ1v) is 27.3. The van der Waals surface area contributed by atoms with E-state index in [0.29, 0.717) is 22.1 Å². The molecule has 0 aliphatic rings. The summed E-state index contributed by atoms with van der Waals surface area (Å²) in [7, 11) is 0. The van der Waals surface area contributed by atoms with Gasteiger partial charge in [-0.25, -0.2) is 9.97 Å². The topological polar surface area (TPSA) is 67.9 Å². The Morgan fingerprint density at radius 3 is 1.03 bits per heavy atom. The van der Waals surface area contributed by atoms with Crippen LogP contribution in [0.4, 0.5) is 34.1 Å². The van der Waals surface area contributed by atoms with Gasteiger partial charge in [-0.05, 0) is 123 Å². The molecular formula is C70H48N8S. The minimum Gasteiger partial charge on any atom is -0.309 e. The van der Waals surface area contributed by atoms with Gasteiger partial charge in [0, 0.05) is 66.8 Å². The van der Waals surface area contributed by atoms with E-state index in [1.807, 2.05) is 12.1 Å². The van der Waals surface area contributed by atoms with E-state index >= 15 is 0 Å². The number of nitrogens with zero attached hydrogens (tertiary/aromatic N) is 8. The zero-order chi connectivity index (χ0) is 52.6. The first-order valence-electron chi connectivity index (χ1n) is 26.6. The van der Waals surface area contributed by atoms with Gasteiger partial charge in [-0.1, -0.05) is 157 Å². The van der Waals surface area contributed by atoms with E-state index in [9.17, 15) is 0 Å². The molecular weight excluding hydrogens is 985 g/mol. The van der Waals surface area contributed by atoms with Crippen molar-refractivity contribution in [1.29, 1.82) is 0 Å². The van der Waals surface area contributed by atoms with Crippen molar-refractivity contribution in [3.63, 3.8) is 0 Å². The first kappa shape index (κ1) is 46.1. The second-order valence-electron chi connectivity index (χ2n) is 20.1. The number of benzene rings is 11. The Morgan fingerprint density at radius 1 is 0.316 bits per heavy atom. The highest BCUT2D eigenvalue weighted by Gasteiger charge is 2.32. The van der Waals surface area contributed by atoms with Crippen LogP contribution >= 0.6 is 11.7 Å². The molecule has 374 valence electrons. The summed E-state index contributed by atoms with van der Waals surface area (Å²) in [5, 5.41) is 4.61. The second-order valence-corrected chi connectivity index (χ2v) is 20.7. The van der Waals surface area contributed by atoms with Crippen LogP contribution in [0.2, 0.25) is 0 Å². The van der Waals surface area contributed by atoms with Crippen molar-refractivity contribution in [3.05, 3.63) is 266 Å². The van der Waals surface area contributed by atoms with Crippen molar-refractivity contribution in [1.82, 2.24) is 27.8 Å². The van der Waals surface area contributed by atoms with Crippen LogP contribution in [0.1, 0.15) is 11.1 Å². The number of anilines is 6. The van der Waals surface area contributed by atoms with Crippen LogP contribution in [0.3, 0.4) is 0 Å². The fraction of sp³-hybridized carbons (Fsp3) is 0.0286. The maximum Gasteiger partial charge on any atom is 0.133 e. The van der Waals surface area contributed by atoms with Crippen LogP contribution in [-0.4, -0.2) is 27.8 Å². The molecule has 15 aromatic rings. The van der Waals surface area contributed by atoms with Crippen molar-refractivity contribution >= 4 is 112 Å². The van der Waals surface area contributed by atoms with Crippen LogP contribution in [0.15, 0.2) is 255 Å².